The monoisotopic (exact) mass is 402 g/mol. The Balaban J connectivity index is 1.57. The van der Waals surface area contributed by atoms with Crippen LogP contribution in [-0.2, 0) is 15.7 Å². The summed E-state index contributed by atoms with van der Waals surface area (Å²) in [5.41, 5.74) is -1.80. The molecule has 4 aliphatic carbocycles. The van der Waals surface area contributed by atoms with Gasteiger partial charge in [0.1, 0.15) is 4.88 Å². The van der Waals surface area contributed by atoms with E-state index in [9.17, 15) is 22.8 Å². The minimum atomic E-state index is -4.79. The first-order valence-corrected chi connectivity index (χ1v) is 10.1. The summed E-state index contributed by atoms with van der Waals surface area (Å²) in [6, 6.07) is 0. The molecule has 0 saturated heterocycles. The number of rotatable bonds is 4. The average Bonchev–Trinajstić information content (AvgIpc) is 2.98. The number of thiazole rings is 1. The quantitative estimate of drug-likeness (QED) is 0.754. The number of carbonyl (C=O) groups excluding carboxylic acids is 2. The van der Waals surface area contributed by atoms with Crippen LogP contribution in [0.25, 0.3) is 0 Å². The number of aromatic nitrogens is 1. The van der Waals surface area contributed by atoms with Crippen LogP contribution < -0.4 is 5.32 Å². The van der Waals surface area contributed by atoms with Gasteiger partial charge in [0.2, 0.25) is 5.91 Å². The van der Waals surface area contributed by atoms with E-state index in [4.69, 9.17) is 4.74 Å². The van der Waals surface area contributed by atoms with Crippen LogP contribution in [0.1, 0.15) is 60.8 Å². The van der Waals surface area contributed by atoms with E-state index in [1.807, 2.05) is 0 Å². The van der Waals surface area contributed by atoms with Gasteiger partial charge >= 0.3 is 12.1 Å². The maximum absolute atomic E-state index is 13.2. The maximum atomic E-state index is 13.2. The minimum Gasteiger partial charge on any atom is -0.462 e. The molecule has 1 amide bonds. The van der Waals surface area contributed by atoms with E-state index in [1.54, 1.807) is 0 Å². The van der Waals surface area contributed by atoms with Crippen molar-refractivity contribution >= 4 is 28.3 Å². The highest BCUT2D eigenvalue weighted by Crippen LogP contribution is 2.60. The van der Waals surface area contributed by atoms with Gasteiger partial charge in [0.15, 0.2) is 10.8 Å². The third-order valence-electron chi connectivity index (χ3n) is 6.10. The highest BCUT2D eigenvalue weighted by atomic mass is 32.1. The Hall–Kier alpha value is -1.64. The molecule has 4 saturated carbocycles. The summed E-state index contributed by atoms with van der Waals surface area (Å²) < 4.78 is 44.4. The lowest BCUT2D eigenvalue weighted by atomic mass is 9.49. The lowest BCUT2D eigenvalue weighted by molar-refractivity contribution is -0.142. The number of anilines is 1. The topological polar surface area (TPSA) is 68.3 Å². The highest BCUT2D eigenvalue weighted by molar-refractivity contribution is 7.17. The second kappa shape index (κ2) is 6.46. The number of esters is 1. The molecule has 0 unspecified atom stereocenters. The summed E-state index contributed by atoms with van der Waals surface area (Å²) in [6.07, 6.45) is 1.09. The highest BCUT2D eigenvalue weighted by Gasteiger charge is 2.54. The Morgan fingerprint density at radius 1 is 1.19 bits per heavy atom. The van der Waals surface area contributed by atoms with E-state index in [0.717, 1.165) is 38.5 Å². The van der Waals surface area contributed by atoms with E-state index in [2.05, 4.69) is 10.3 Å². The first kappa shape index (κ1) is 18.7. The molecule has 5 rings (SSSR count). The molecular formula is C18H21F3N2O3S. The second-order valence-corrected chi connectivity index (χ2v) is 9.07. The zero-order valence-corrected chi connectivity index (χ0v) is 15.7. The summed E-state index contributed by atoms with van der Waals surface area (Å²) in [4.78, 5) is 27.8. The summed E-state index contributed by atoms with van der Waals surface area (Å²) in [7, 11) is 0. The molecule has 0 aromatic carbocycles. The number of hydrogen-bond donors (Lipinski definition) is 1. The van der Waals surface area contributed by atoms with E-state index in [-0.39, 0.29) is 17.6 Å². The van der Waals surface area contributed by atoms with E-state index >= 15 is 0 Å². The lowest BCUT2D eigenvalue weighted by Gasteiger charge is -2.55. The molecule has 1 heterocycles. The number of alkyl halides is 3. The molecule has 4 fully saturated rings. The van der Waals surface area contributed by atoms with Crippen molar-refractivity contribution in [1.82, 2.24) is 4.98 Å². The molecule has 27 heavy (non-hydrogen) atoms. The van der Waals surface area contributed by atoms with Gasteiger partial charge in [-0.25, -0.2) is 9.78 Å². The zero-order chi connectivity index (χ0) is 19.4. The van der Waals surface area contributed by atoms with Crippen LogP contribution in [0.2, 0.25) is 0 Å². The molecule has 1 aromatic heterocycles. The lowest BCUT2D eigenvalue weighted by Crippen LogP contribution is -2.51. The van der Waals surface area contributed by atoms with Gasteiger partial charge in [-0.05, 0) is 63.2 Å². The first-order valence-electron chi connectivity index (χ1n) is 9.27. The van der Waals surface area contributed by atoms with Gasteiger partial charge in [-0.3, -0.25) is 4.79 Å². The Kier molecular flexibility index (Phi) is 4.48. The minimum absolute atomic E-state index is 0.0387. The van der Waals surface area contributed by atoms with Crippen LogP contribution in [0.4, 0.5) is 18.3 Å². The summed E-state index contributed by atoms with van der Waals surface area (Å²) in [5.74, 6) is 0.300. The van der Waals surface area contributed by atoms with E-state index in [1.165, 1.54) is 6.92 Å². The summed E-state index contributed by atoms with van der Waals surface area (Å²) in [6.45, 7) is 1.48. The largest absolute Gasteiger partial charge is 0.462 e. The number of carbonyl (C=O) groups is 2. The van der Waals surface area contributed by atoms with Crippen LogP contribution in [0.3, 0.4) is 0 Å². The third kappa shape index (κ3) is 3.34. The first-order chi connectivity index (χ1) is 12.7. The van der Waals surface area contributed by atoms with Crippen molar-refractivity contribution in [3.63, 3.8) is 0 Å². The van der Waals surface area contributed by atoms with Crippen LogP contribution in [0.15, 0.2) is 0 Å². The molecule has 1 N–H and O–H groups in total. The van der Waals surface area contributed by atoms with Crippen molar-refractivity contribution in [2.45, 2.75) is 51.6 Å². The van der Waals surface area contributed by atoms with Crippen molar-refractivity contribution in [3.05, 3.63) is 10.6 Å². The predicted octanol–water partition coefficient (Wildman–Crippen LogP) is 4.49. The van der Waals surface area contributed by atoms with Gasteiger partial charge in [0.25, 0.3) is 0 Å². The molecule has 0 radical (unpaired) electrons. The standard InChI is InChI=1S/C18H21F3N2O3S/c1-2-26-14(24)12-13(18(19,20)21)22-16(27-12)23-15(25)17-6-9-3-10(7-17)5-11(4-9)8-17/h9-11H,2-8H2,1H3,(H,22,23,25). The molecule has 148 valence electrons. The number of ether oxygens (including phenoxy) is 1. The summed E-state index contributed by atoms with van der Waals surface area (Å²) in [5, 5.41) is 2.40. The molecule has 0 atom stereocenters. The number of nitrogens with zero attached hydrogens (tertiary/aromatic N) is 1. The fourth-order valence-corrected chi connectivity index (χ4v) is 6.39. The predicted molar refractivity (Wildman–Crippen MR) is 92.3 cm³/mol. The molecular weight excluding hydrogens is 381 g/mol. The Bertz CT molecular complexity index is 739. The molecule has 5 nitrogen and oxygen atoms in total. The SMILES string of the molecule is CCOC(=O)c1sc(NC(=O)C23CC4CC(CC(C4)C2)C3)nc1C(F)(F)F. The molecule has 4 aliphatic rings. The van der Waals surface area contributed by atoms with Gasteiger partial charge in [-0.15, -0.1) is 0 Å². The maximum Gasteiger partial charge on any atom is 0.435 e. The third-order valence-corrected chi connectivity index (χ3v) is 7.05. The second-order valence-electron chi connectivity index (χ2n) is 8.07. The smallest absolute Gasteiger partial charge is 0.435 e. The fourth-order valence-electron chi connectivity index (χ4n) is 5.52. The number of hydrogen-bond acceptors (Lipinski definition) is 5. The number of nitrogens with one attached hydrogen (secondary N) is 1. The number of amides is 1. The summed E-state index contributed by atoms with van der Waals surface area (Å²) >= 11 is 0.529. The molecule has 4 bridgehead atoms. The van der Waals surface area contributed by atoms with E-state index < -0.39 is 28.1 Å². The van der Waals surface area contributed by atoms with Gasteiger partial charge in [-0.1, -0.05) is 11.3 Å². The van der Waals surface area contributed by atoms with Gasteiger partial charge in [0, 0.05) is 0 Å². The van der Waals surface area contributed by atoms with Crippen LogP contribution in [-0.4, -0.2) is 23.5 Å². The average molecular weight is 402 g/mol. The zero-order valence-electron chi connectivity index (χ0n) is 14.9. The van der Waals surface area contributed by atoms with E-state index in [0.29, 0.717) is 29.1 Å². The van der Waals surface area contributed by atoms with Crippen molar-refractivity contribution in [2.75, 3.05) is 11.9 Å². The molecule has 9 heteroatoms. The molecule has 0 spiro atoms. The Morgan fingerprint density at radius 3 is 2.22 bits per heavy atom. The van der Waals surface area contributed by atoms with Gasteiger partial charge in [0.05, 0.1) is 12.0 Å². The van der Waals surface area contributed by atoms with Crippen LogP contribution in [0.5, 0.6) is 0 Å². The van der Waals surface area contributed by atoms with Crippen LogP contribution in [0, 0.1) is 23.2 Å². The fraction of sp³-hybridized carbons (Fsp3) is 0.722. The van der Waals surface area contributed by atoms with Crippen molar-refractivity contribution < 1.29 is 27.5 Å². The Labute approximate surface area is 158 Å². The normalized spacial score (nSPS) is 31.8. The van der Waals surface area contributed by atoms with Crippen molar-refractivity contribution in [1.29, 1.82) is 0 Å². The molecule has 0 aliphatic heterocycles. The van der Waals surface area contributed by atoms with Crippen molar-refractivity contribution in [3.8, 4) is 0 Å². The number of halogens is 3. The van der Waals surface area contributed by atoms with Gasteiger partial charge < -0.3 is 10.1 Å². The molecule has 1 aromatic rings. The Morgan fingerprint density at radius 2 is 1.74 bits per heavy atom. The van der Waals surface area contributed by atoms with Crippen molar-refractivity contribution in [2.24, 2.45) is 23.2 Å². The van der Waals surface area contributed by atoms with Crippen LogP contribution >= 0.6 is 11.3 Å². The van der Waals surface area contributed by atoms with Gasteiger partial charge in [-0.2, -0.15) is 13.2 Å².